The van der Waals surface area contributed by atoms with Crippen molar-refractivity contribution in [3.05, 3.63) is 57.5 Å². The molecule has 5 heteroatoms. The first-order chi connectivity index (χ1) is 9.16. The minimum atomic E-state index is 0.471. The van der Waals surface area contributed by atoms with Gasteiger partial charge in [-0.05, 0) is 23.8 Å². The van der Waals surface area contributed by atoms with Crippen molar-refractivity contribution in [2.24, 2.45) is 0 Å². The quantitative estimate of drug-likeness (QED) is 0.766. The number of para-hydroxylation sites is 1. The lowest BCUT2D eigenvalue weighted by Crippen LogP contribution is -2.05. The van der Waals surface area contributed by atoms with Crippen molar-refractivity contribution in [3.63, 3.8) is 0 Å². The first kappa shape index (κ1) is 12.5. The molecule has 1 aromatic heterocycles. The third kappa shape index (κ3) is 2.22. The molecule has 0 aliphatic heterocycles. The first-order valence-electron chi connectivity index (χ1n) is 5.80. The van der Waals surface area contributed by atoms with Gasteiger partial charge in [0.1, 0.15) is 0 Å². The molecule has 0 radical (unpaired) electrons. The number of halogens is 2. The standard InChI is InChI=1S/C14H11BrClN3/c15-10-5-2-1-4-9(10)8-19-13-11(16)6-3-7-12(13)18-14(19)17/h1-7H,8H2,(H2,17,18). The van der Waals surface area contributed by atoms with Crippen LogP contribution in [0.4, 0.5) is 5.95 Å². The second-order valence-corrected chi connectivity index (χ2v) is 5.52. The van der Waals surface area contributed by atoms with Crippen molar-refractivity contribution in [2.45, 2.75) is 6.54 Å². The van der Waals surface area contributed by atoms with E-state index in [1.807, 2.05) is 47.0 Å². The van der Waals surface area contributed by atoms with Crippen molar-refractivity contribution in [1.29, 1.82) is 0 Å². The fourth-order valence-electron chi connectivity index (χ4n) is 2.12. The average molecular weight is 337 g/mol. The summed E-state index contributed by atoms with van der Waals surface area (Å²) in [7, 11) is 0. The normalized spacial score (nSPS) is 11.1. The van der Waals surface area contributed by atoms with Gasteiger partial charge in [-0.25, -0.2) is 4.98 Å². The third-order valence-corrected chi connectivity index (χ3v) is 4.11. The summed E-state index contributed by atoms with van der Waals surface area (Å²) >= 11 is 9.80. The fraction of sp³-hybridized carbons (Fsp3) is 0.0714. The van der Waals surface area contributed by atoms with E-state index in [0.717, 1.165) is 21.1 Å². The second kappa shape index (κ2) is 4.87. The van der Waals surface area contributed by atoms with Crippen LogP contribution >= 0.6 is 27.5 Å². The average Bonchev–Trinajstić information content (AvgIpc) is 2.70. The second-order valence-electron chi connectivity index (χ2n) is 4.26. The molecule has 0 unspecified atom stereocenters. The van der Waals surface area contributed by atoms with Gasteiger partial charge in [-0.3, -0.25) is 0 Å². The van der Waals surface area contributed by atoms with Gasteiger partial charge < -0.3 is 10.3 Å². The maximum Gasteiger partial charge on any atom is 0.201 e. The zero-order valence-corrected chi connectivity index (χ0v) is 12.3. The van der Waals surface area contributed by atoms with Crippen LogP contribution in [0.15, 0.2) is 46.9 Å². The number of nitrogens with zero attached hydrogens (tertiary/aromatic N) is 2. The van der Waals surface area contributed by atoms with Gasteiger partial charge in [-0.2, -0.15) is 0 Å². The van der Waals surface area contributed by atoms with Crippen LogP contribution in [0.3, 0.4) is 0 Å². The Morgan fingerprint density at radius 1 is 1.16 bits per heavy atom. The largest absolute Gasteiger partial charge is 0.369 e. The molecule has 1 heterocycles. The molecule has 0 saturated heterocycles. The molecule has 3 aromatic rings. The molecule has 19 heavy (non-hydrogen) atoms. The van der Waals surface area contributed by atoms with Crippen LogP contribution in [0, 0.1) is 0 Å². The molecule has 0 fully saturated rings. The maximum atomic E-state index is 6.25. The predicted octanol–water partition coefficient (Wildman–Crippen LogP) is 4.08. The molecular formula is C14H11BrClN3. The number of nitrogen functional groups attached to an aromatic ring is 1. The lowest BCUT2D eigenvalue weighted by Gasteiger charge is -2.09. The number of hydrogen-bond donors (Lipinski definition) is 1. The summed E-state index contributed by atoms with van der Waals surface area (Å²) in [6, 6.07) is 13.7. The van der Waals surface area contributed by atoms with E-state index in [9.17, 15) is 0 Å². The van der Waals surface area contributed by atoms with Crippen molar-refractivity contribution >= 4 is 44.5 Å². The van der Waals surface area contributed by atoms with Gasteiger partial charge in [0.05, 0.1) is 22.6 Å². The predicted molar refractivity (Wildman–Crippen MR) is 82.4 cm³/mol. The Morgan fingerprint density at radius 3 is 2.74 bits per heavy atom. The molecule has 2 N–H and O–H groups in total. The van der Waals surface area contributed by atoms with Gasteiger partial charge >= 0.3 is 0 Å². The molecule has 0 aliphatic carbocycles. The van der Waals surface area contributed by atoms with Gasteiger partial charge in [0, 0.05) is 4.47 Å². The van der Waals surface area contributed by atoms with Crippen molar-refractivity contribution < 1.29 is 0 Å². The highest BCUT2D eigenvalue weighted by atomic mass is 79.9. The number of hydrogen-bond acceptors (Lipinski definition) is 2. The Kier molecular flexibility index (Phi) is 3.21. The molecule has 0 spiro atoms. The number of anilines is 1. The molecule has 0 amide bonds. The van der Waals surface area contributed by atoms with Gasteiger partial charge in [0.2, 0.25) is 5.95 Å². The zero-order chi connectivity index (χ0) is 13.4. The van der Waals surface area contributed by atoms with Gasteiger partial charge in [0.25, 0.3) is 0 Å². The number of imidazole rings is 1. The van der Waals surface area contributed by atoms with Crippen molar-refractivity contribution in [1.82, 2.24) is 9.55 Å². The van der Waals surface area contributed by atoms with E-state index in [1.165, 1.54) is 0 Å². The van der Waals surface area contributed by atoms with Crippen LogP contribution in [0.1, 0.15) is 5.56 Å². The molecule has 0 saturated carbocycles. The van der Waals surface area contributed by atoms with Crippen LogP contribution < -0.4 is 5.73 Å². The highest BCUT2D eigenvalue weighted by Crippen LogP contribution is 2.27. The molecule has 0 bridgehead atoms. The topological polar surface area (TPSA) is 43.8 Å². The molecule has 96 valence electrons. The fourth-order valence-corrected chi connectivity index (χ4v) is 2.80. The van der Waals surface area contributed by atoms with Crippen LogP contribution in [0.5, 0.6) is 0 Å². The Labute approximate surface area is 124 Å². The van der Waals surface area contributed by atoms with Crippen molar-refractivity contribution in [2.75, 3.05) is 5.73 Å². The summed E-state index contributed by atoms with van der Waals surface area (Å²) in [5.74, 6) is 0.471. The van der Waals surface area contributed by atoms with E-state index in [2.05, 4.69) is 20.9 Å². The van der Waals surface area contributed by atoms with Gasteiger partial charge in [-0.15, -0.1) is 0 Å². The Morgan fingerprint density at radius 2 is 1.95 bits per heavy atom. The number of rotatable bonds is 2. The van der Waals surface area contributed by atoms with Crippen LogP contribution in [0.25, 0.3) is 11.0 Å². The Hall–Kier alpha value is -1.52. The monoisotopic (exact) mass is 335 g/mol. The molecule has 0 atom stereocenters. The minimum absolute atomic E-state index is 0.471. The molecular weight excluding hydrogens is 326 g/mol. The van der Waals surface area contributed by atoms with Gasteiger partial charge in [-0.1, -0.05) is 51.8 Å². The number of benzene rings is 2. The van der Waals surface area contributed by atoms with Gasteiger partial charge in [0.15, 0.2) is 0 Å². The van der Waals surface area contributed by atoms with E-state index < -0.39 is 0 Å². The third-order valence-electron chi connectivity index (χ3n) is 3.03. The van der Waals surface area contributed by atoms with E-state index >= 15 is 0 Å². The highest BCUT2D eigenvalue weighted by Gasteiger charge is 2.12. The van der Waals surface area contributed by atoms with E-state index in [-0.39, 0.29) is 0 Å². The van der Waals surface area contributed by atoms with Crippen LogP contribution in [-0.2, 0) is 6.54 Å². The van der Waals surface area contributed by atoms with Crippen LogP contribution in [-0.4, -0.2) is 9.55 Å². The summed E-state index contributed by atoms with van der Waals surface area (Å²) < 4.78 is 2.97. The molecule has 0 aliphatic rings. The highest BCUT2D eigenvalue weighted by molar-refractivity contribution is 9.10. The summed E-state index contributed by atoms with van der Waals surface area (Å²) in [5.41, 5.74) is 8.82. The number of fused-ring (bicyclic) bond motifs is 1. The maximum absolute atomic E-state index is 6.25. The molecule has 3 nitrogen and oxygen atoms in total. The van der Waals surface area contributed by atoms with E-state index in [4.69, 9.17) is 17.3 Å². The van der Waals surface area contributed by atoms with E-state index in [0.29, 0.717) is 17.5 Å². The summed E-state index contributed by atoms with van der Waals surface area (Å²) in [6.45, 7) is 0.632. The zero-order valence-electron chi connectivity index (χ0n) is 9.98. The van der Waals surface area contributed by atoms with Crippen molar-refractivity contribution in [3.8, 4) is 0 Å². The minimum Gasteiger partial charge on any atom is -0.369 e. The summed E-state index contributed by atoms with van der Waals surface area (Å²) in [5, 5.41) is 0.661. The Bertz CT molecular complexity index is 752. The first-order valence-corrected chi connectivity index (χ1v) is 6.97. The lowest BCUT2D eigenvalue weighted by atomic mass is 10.2. The molecule has 2 aromatic carbocycles. The summed E-state index contributed by atoms with van der Waals surface area (Å²) in [4.78, 5) is 4.34. The number of nitrogens with two attached hydrogens (primary N) is 1. The number of aromatic nitrogens is 2. The van der Waals surface area contributed by atoms with E-state index in [1.54, 1.807) is 0 Å². The Balaban J connectivity index is 2.16. The SMILES string of the molecule is Nc1nc2cccc(Cl)c2n1Cc1ccccc1Br. The smallest absolute Gasteiger partial charge is 0.201 e. The molecule has 3 rings (SSSR count). The van der Waals surface area contributed by atoms with Crippen LogP contribution in [0.2, 0.25) is 5.02 Å². The summed E-state index contributed by atoms with van der Waals surface area (Å²) in [6.07, 6.45) is 0. The lowest BCUT2D eigenvalue weighted by molar-refractivity contribution is 0.835.